The number of benzene rings is 2. The molecule has 5 rings (SSSR count). The summed E-state index contributed by atoms with van der Waals surface area (Å²) < 4.78 is 6.24. The van der Waals surface area contributed by atoms with Crippen LogP contribution in [0, 0.1) is 0 Å². The Morgan fingerprint density at radius 2 is 1.88 bits per heavy atom. The highest BCUT2D eigenvalue weighted by Crippen LogP contribution is 2.45. The fourth-order valence-corrected chi connectivity index (χ4v) is 6.39. The number of thioether (sulfide) groups is 1. The van der Waals surface area contributed by atoms with Crippen molar-refractivity contribution >= 4 is 50.3 Å². The molecule has 166 valence electrons. The number of hydrogen-bond acceptors (Lipinski definition) is 4. The lowest BCUT2D eigenvalue weighted by Gasteiger charge is -2.44. The van der Waals surface area contributed by atoms with Crippen molar-refractivity contribution in [1.29, 1.82) is 0 Å². The first-order valence-electron chi connectivity index (χ1n) is 10.9. The first kappa shape index (κ1) is 21.6. The van der Waals surface area contributed by atoms with E-state index < -0.39 is 0 Å². The Bertz CT molecular complexity index is 1160. The Kier molecular flexibility index (Phi) is 5.80. The van der Waals surface area contributed by atoms with Gasteiger partial charge in [0.25, 0.3) is 0 Å². The van der Waals surface area contributed by atoms with E-state index in [2.05, 4.69) is 40.2 Å². The number of rotatable bonds is 4. The zero-order valence-corrected chi connectivity index (χ0v) is 20.3. The largest absolute Gasteiger partial charge is 0.459 e. The number of alkyl halides is 1. The van der Waals surface area contributed by atoms with Crippen molar-refractivity contribution in [2.75, 3.05) is 18.8 Å². The van der Waals surface area contributed by atoms with Gasteiger partial charge in [0.2, 0.25) is 11.8 Å². The van der Waals surface area contributed by atoms with Crippen LogP contribution in [0.5, 0.6) is 0 Å². The second-order valence-electron chi connectivity index (χ2n) is 8.45. The van der Waals surface area contributed by atoms with E-state index in [-0.39, 0.29) is 21.5 Å². The number of halogens is 1. The van der Waals surface area contributed by atoms with Crippen molar-refractivity contribution in [1.82, 2.24) is 9.80 Å². The second kappa shape index (κ2) is 8.60. The lowest BCUT2D eigenvalue weighted by Crippen LogP contribution is -2.53. The third-order valence-electron chi connectivity index (χ3n) is 6.48. The molecule has 2 aliphatic rings. The third kappa shape index (κ3) is 3.86. The Morgan fingerprint density at radius 3 is 2.66 bits per heavy atom. The minimum atomic E-state index is -0.254. The van der Waals surface area contributed by atoms with Gasteiger partial charge in [-0.15, -0.1) is 11.8 Å². The molecule has 0 bridgehead atoms. The minimum absolute atomic E-state index is 0.117. The highest BCUT2D eigenvalue weighted by Gasteiger charge is 2.48. The van der Waals surface area contributed by atoms with Crippen molar-refractivity contribution in [3.63, 3.8) is 0 Å². The molecule has 3 aromatic rings. The van der Waals surface area contributed by atoms with Crippen LogP contribution in [0.1, 0.15) is 25.5 Å². The molecule has 2 fully saturated rings. The fourth-order valence-electron chi connectivity index (χ4n) is 4.76. The van der Waals surface area contributed by atoms with Gasteiger partial charge < -0.3 is 14.2 Å². The number of piperidine rings is 1. The summed E-state index contributed by atoms with van der Waals surface area (Å²) in [6.07, 6.45) is 1.57. The molecule has 1 aromatic heterocycles. The smallest absolute Gasteiger partial charge is 0.236 e. The number of furan rings is 1. The number of fused-ring (bicyclic) bond motifs is 1. The molecule has 1 spiro atoms. The normalized spacial score (nSPS) is 19.1. The summed E-state index contributed by atoms with van der Waals surface area (Å²) in [6, 6.07) is 18.5. The zero-order chi connectivity index (χ0) is 22.3. The maximum absolute atomic E-state index is 12.8. The van der Waals surface area contributed by atoms with Gasteiger partial charge in [-0.1, -0.05) is 58.4 Å². The maximum atomic E-state index is 12.8. The number of amides is 2. The van der Waals surface area contributed by atoms with Crippen molar-refractivity contribution in [3.8, 4) is 11.3 Å². The van der Waals surface area contributed by atoms with E-state index in [1.165, 1.54) is 5.39 Å². The van der Waals surface area contributed by atoms with Gasteiger partial charge in [0.1, 0.15) is 11.5 Å². The number of nitrogens with zero attached hydrogens (tertiary/aromatic N) is 2. The average molecular weight is 513 g/mol. The van der Waals surface area contributed by atoms with Crippen molar-refractivity contribution in [3.05, 3.63) is 60.4 Å². The molecule has 2 amide bonds. The summed E-state index contributed by atoms with van der Waals surface area (Å²) in [5.41, 5.74) is 1.06. The van der Waals surface area contributed by atoms with Crippen LogP contribution in [-0.2, 0) is 16.1 Å². The van der Waals surface area contributed by atoms with E-state index in [1.54, 1.807) is 11.8 Å². The summed E-state index contributed by atoms with van der Waals surface area (Å²) in [5, 5.41) is 2.32. The Morgan fingerprint density at radius 1 is 1.12 bits per heavy atom. The summed E-state index contributed by atoms with van der Waals surface area (Å²) in [7, 11) is 0. The molecule has 2 aliphatic heterocycles. The molecule has 2 aromatic carbocycles. The van der Waals surface area contributed by atoms with Crippen molar-refractivity contribution in [2.45, 2.75) is 36.0 Å². The minimum Gasteiger partial charge on any atom is -0.459 e. The van der Waals surface area contributed by atoms with Crippen LogP contribution in [-0.4, -0.2) is 50.2 Å². The molecule has 0 radical (unpaired) electrons. The van der Waals surface area contributed by atoms with E-state index >= 15 is 0 Å². The molecule has 0 aliphatic carbocycles. The van der Waals surface area contributed by atoms with E-state index in [0.717, 1.165) is 35.3 Å². The molecule has 7 heteroatoms. The summed E-state index contributed by atoms with van der Waals surface area (Å²) in [4.78, 5) is 28.6. The topological polar surface area (TPSA) is 53.8 Å². The number of hydrogen-bond donors (Lipinski definition) is 0. The second-order valence-corrected chi connectivity index (χ2v) is 11.2. The first-order valence-corrected chi connectivity index (χ1v) is 12.8. The van der Waals surface area contributed by atoms with Crippen LogP contribution in [0.3, 0.4) is 0 Å². The van der Waals surface area contributed by atoms with Crippen LogP contribution in [0.25, 0.3) is 22.1 Å². The van der Waals surface area contributed by atoms with Gasteiger partial charge in [0, 0.05) is 18.7 Å². The Hall–Kier alpha value is -2.25. The zero-order valence-electron chi connectivity index (χ0n) is 17.9. The number of carbonyl (C=O) groups excluding carboxylic acids is 2. The molecule has 3 heterocycles. The van der Waals surface area contributed by atoms with E-state index in [4.69, 9.17) is 4.42 Å². The molecule has 5 nitrogen and oxygen atoms in total. The average Bonchev–Trinajstić information content (AvgIpc) is 3.40. The first-order chi connectivity index (χ1) is 15.5. The molecule has 0 N–H and O–H groups in total. The molecule has 32 heavy (non-hydrogen) atoms. The lowest BCUT2D eigenvalue weighted by atomic mass is 10.0. The molecule has 2 saturated heterocycles. The monoisotopic (exact) mass is 512 g/mol. The number of likely N-dealkylation sites (tertiary alicyclic amines) is 1. The molecular weight excluding hydrogens is 488 g/mol. The number of carbonyl (C=O) groups is 2. The van der Waals surface area contributed by atoms with Gasteiger partial charge in [-0.05, 0) is 42.7 Å². The van der Waals surface area contributed by atoms with Gasteiger partial charge >= 0.3 is 0 Å². The van der Waals surface area contributed by atoms with Crippen LogP contribution in [0.4, 0.5) is 0 Å². The quantitative estimate of drug-likeness (QED) is 0.446. The SMILES string of the molecule is CC(Br)C(=O)N1CCC2(CC1)SCC(=O)N2Cc1ccc(-c2cccc3ccccc23)o1. The van der Waals surface area contributed by atoms with Crippen LogP contribution < -0.4 is 0 Å². The van der Waals surface area contributed by atoms with E-state index in [1.807, 2.05) is 47.1 Å². The molecule has 1 unspecified atom stereocenters. The van der Waals surface area contributed by atoms with E-state index in [0.29, 0.717) is 25.4 Å². The fraction of sp³-hybridized carbons (Fsp3) is 0.360. The van der Waals surface area contributed by atoms with Gasteiger partial charge in [-0.2, -0.15) is 0 Å². The summed E-state index contributed by atoms with van der Waals surface area (Å²) in [5.74, 6) is 2.35. The molecule has 0 saturated carbocycles. The summed E-state index contributed by atoms with van der Waals surface area (Å²) in [6.45, 7) is 3.66. The van der Waals surface area contributed by atoms with Crippen molar-refractivity contribution < 1.29 is 14.0 Å². The van der Waals surface area contributed by atoms with Gasteiger partial charge in [0.05, 0.1) is 22.0 Å². The lowest BCUT2D eigenvalue weighted by molar-refractivity contribution is -0.135. The molecular formula is C25H25BrN2O3S. The van der Waals surface area contributed by atoms with Gasteiger partial charge in [-0.3, -0.25) is 9.59 Å². The van der Waals surface area contributed by atoms with E-state index in [9.17, 15) is 9.59 Å². The summed E-state index contributed by atoms with van der Waals surface area (Å²) >= 11 is 5.09. The predicted molar refractivity (Wildman–Crippen MR) is 132 cm³/mol. The van der Waals surface area contributed by atoms with Crippen molar-refractivity contribution in [2.24, 2.45) is 0 Å². The van der Waals surface area contributed by atoms with Crippen LogP contribution >= 0.6 is 27.7 Å². The Balaban J connectivity index is 1.35. The van der Waals surface area contributed by atoms with Gasteiger partial charge in [-0.25, -0.2) is 0 Å². The molecule has 1 atom stereocenters. The highest BCUT2D eigenvalue weighted by atomic mass is 79.9. The predicted octanol–water partition coefficient (Wildman–Crippen LogP) is 5.28. The van der Waals surface area contributed by atoms with Crippen LogP contribution in [0.2, 0.25) is 0 Å². The van der Waals surface area contributed by atoms with Gasteiger partial charge in [0.15, 0.2) is 0 Å². The third-order valence-corrected chi connectivity index (χ3v) is 8.43. The highest BCUT2D eigenvalue weighted by molar-refractivity contribution is 9.10. The standard InChI is InChI=1S/C25H25BrN2O3S/c1-17(26)24(30)27-13-11-25(12-14-27)28(23(29)16-32-25)15-19-9-10-22(31-19)21-8-4-6-18-5-2-3-7-20(18)21/h2-10,17H,11-16H2,1H3. The maximum Gasteiger partial charge on any atom is 0.236 e. The van der Waals surface area contributed by atoms with Crippen LogP contribution in [0.15, 0.2) is 59.0 Å². The Labute approximate surface area is 200 Å².